The third kappa shape index (κ3) is 5.53. The van der Waals surface area contributed by atoms with Gasteiger partial charge in [-0.15, -0.1) is 0 Å². The van der Waals surface area contributed by atoms with Crippen molar-refractivity contribution in [3.05, 3.63) is 64.8 Å². The van der Waals surface area contributed by atoms with Gasteiger partial charge in [-0.05, 0) is 93.9 Å². The smallest absolute Gasteiger partial charge is 0.423 e. The molecule has 0 radical (unpaired) electrons. The van der Waals surface area contributed by atoms with Gasteiger partial charge in [0.1, 0.15) is 17.1 Å². The number of carbonyl (C=O) groups excluding carboxylic acids is 2. The molecule has 0 unspecified atom stereocenters. The summed E-state index contributed by atoms with van der Waals surface area (Å²) in [5.41, 5.74) is 0.489. The molecule has 1 saturated carbocycles. The Morgan fingerprint density at radius 1 is 0.957 bits per heavy atom. The Bertz CT molecular complexity index is 1730. The summed E-state index contributed by atoms with van der Waals surface area (Å²) < 4.78 is 53.5. The van der Waals surface area contributed by atoms with Crippen molar-refractivity contribution in [3.8, 4) is 17.4 Å². The van der Waals surface area contributed by atoms with Crippen LogP contribution in [0.1, 0.15) is 70.4 Å². The lowest BCUT2D eigenvalue weighted by Crippen LogP contribution is -2.47. The fourth-order valence-corrected chi connectivity index (χ4v) is 7.30. The first-order chi connectivity index (χ1) is 22.4. The SMILES string of the molecule is COc1cc(C(=O)N2CCC3(CCN(C)CC3)CC2)ccc1Nc1ncc(C(F)(F)F)c(Oc2cccc3c2C(=O)N(C)C32CC2)n1. The van der Waals surface area contributed by atoms with Gasteiger partial charge in [-0.2, -0.15) is 18.2 Å². The van der Waals surface area contributed by atoms with E-state index in [2.05, 4.69) is 27.2 Å². The number of nitrogens with zero attached hydrogens (tertiary/aromatic N) is 5. The number of rotatable bonds is 6. The highest BCUT2D eigenvalue weighted by molar-refractivity contribution is 6.03. The topological polar surface area (TPSA) is 100 Å². The number of methoxy groups -OCH3 is 1. The molecule has 1 aliphatic carbocycles. The fourth-order valence-electron chi connectivity index (χ4n) is 7.30. The Labute approximate surface area is 270 Å². The second-order valence-electron chi connectivity index (χ2n) is 13.2. The van der Waals surface area contributed by atoms with E-state index in [-0.39, 0.29) is 29.1 Å². The molecular weight excluding hydrogens is 613 g/mol. The van der Waals surface area contributed by atoms with Crippen molar-refractivity contribution in [2.75, 3.05) is 52.7 Å². The number of carbonyl (C=O) groups is 2. The lowest BCUT2D eigenvalue weighted by molar-refractivity contribution is -0.139. The molecule has 3 aliphatic heterocycles. The molecule has 0 atom stereocenters. The molecule has 4 heterocycles. The quantitative estimate of drug-likeness (QED) is 0.344. The molecule has 0 bridgehead atoms. The number of alkyl halides is 3. The van der Waals surface area contributed by atoms with Gasteiger partial charge >= 0.3 is 6.18 Å². The van der Waals surface area contributed by atoms with E-state index in [4.69, 9.17) is 9.47 Å². The number of aromatic nitrogens is 2. The number of likely N-dealkylation sites (tertiary alicyclic amines) is 2. The highest BCUT2D eigenvalue weighted by Gasteiger charge is 2.57. The number of hydrogen-bond acceptors (Lipinski definition) is 8. The first kappa shape index (κ1) is 31.2. The molecule has 2 spiro atoms. The van der Waals surface area contributed by atoms with Crippen LogP contribution in [0.4, 0.5) is 24.8 Å². The number of fused-ring (bicyclic) bond motifs is 2. The van der Waals surface area contributed by atoms with Crippen LogP contribution < -0.4 is 14.8 Å². The van der Waals surface area contributed by atoms with Crippen LogP contribution in [-0.2, 0) is 11.7 Å². The van der Waals surface area contributed by atoms with Crippen LogP contribution in [-0.4, -0.2) is 83.9 Å². The minimum atomic E-state index is -4.81. The predicted octanol–water partition coefficient (Wildman–Crippen LogP) is 6.06. The van der Waals surface area contributed by atoms with E-state index in [0.717, 1.165) is 57.2 Å². The number of benzene rings is 2. The van der Waals surface area contributed by atoms with Gasteiger partial charge in [0.2, 0.25) is 11.8 Å². The summed E-state index contributed by atoms with van der Waals surface area (Å²) in [4.78, 5) is 40.4. The second kappa shape index (κ2) is 11.4. The van der Waals surface area contributed by atoms with E-state index in [9.17, 15) is 22.8 Å². The molecule has 2 aromatic carbocycles. The number of piperidine rings is 2. The van der Waals surface area contributed by atoms with Gasteiger partial charge in [0.15, 0.2) is 0 Å². The van der Waals surface area contributed by atoms with Crippen LogP contribution in [0, 0.1) is 5.41 Å². The van der Waals surface area contributed by atoms with Crippen molar-refractivity contribution in [2.45, 2.75) is 50.2 Å². The van der Waals surface area contributed by atoms with Crippen molar-refractivity contribution < 1.29 is 32.2 Å². The highest BCUT2D eigenvalue weighted by atomic mass is 19.4. The summed E-state index contributed by atoms with van der Waals surface area (Å²) >= 11 is 0. The van der Waals surface area contributed by atoms with Crippen LogP contribution in [0.3, 0.4) is 0 Å². The molecule has 248 valence electrons. The maximum atomic E-state index is 14.1. The van der Waals surface area contributed by atoms with Gasteiger partial charge in [-0.25, -0.2) is 4.98 Å². The number of nitrogens with one attached hydrogen (secondary N) is 1. The predicted molar refractivity (Wildman–Crippen MR) is 167 cm³/mol. The number of amides is 2. The van der Waals surface area contributed by atoms with E-state index < -0.39 is 23.2 Å². The summed E-state index contributed by atoms with van der Waals surface area (Å²) in [6.07, 6.45) is 1.67. The number of halogens is 3. The lowest BCUT2D eigenvalue weighted by atomic mass is 9.71. The normalized spacial score (nSPS) is 20.0. The highest BCUT2D eigenvalue weighted by Crippen LogP contribution is 2.57. The molecule has 1 N–H and O–H groups in total. The van der Waals surface area contributed by atoms with Crippen LogP contribution >= 0.6 is 0 Å². The molecule has 7 rings (SSSR count). The molecule has 3 aromatic rings. The summed E-state index contributed by atoms with van der Waals surface area (Å²) in [5.74, 6) is -1.02. The minimum Gasteiger partial charge on any atom is -0.495 e. The molecular formula is C34H37F3N6O4. The summed E-state index contributed by atoms with van der Waals surface area (Å²) in [5, 5.41) is 2.91. The van der Waals surface area contributed by atoms with Crippen molar-refractivity contribution in [3.63, 3.8) is 0 Å². The van der Waals surface area contributed by atoms with Crippen molar-refractivity contribution in [1.29, 1.82) is 0 Å². The van der Waals surface area contributed by atoms with E-state index >= 15 is 0 Å². The first-order valence-electron chi connectivity index (χ1n) is 15.9. The molecule has 2 amide bonds. The Morgan fingerprint density at radius 3 is 2.32 bits per heavy atom. The Hall–Kier alpha value is -4.39. The zero-order chi connectivity index (χ0) is 33.1. The molecule has 47 heavy (non-hydrogen) atoms. The lowest BCUT2D eigenvalue weighted by Gasteiger charge is -2.46. The Balaban J connectivity index is 1.11. The second-order valence-corrected chi connectivity index (χ2v) is 13.2. The van der Waals surface area contributed by atoms with E-state index in [0.29, 0.717) is 41.7 Å². The molecule has 1 aromatic heterocycles. The van der Waals surface area contributed by atoms with Crippen molar-refractivity contribution >= 4 is 23.5 Å². The Kier molecular flexibility index (Phi) is 7.57. The third-order valence-corrected chi connectivity index (χ3v) is 10.5. The number of anilines is 2. The summed E-state index contributed by atoms with van der Waals surface area (Å²) in [7, 11) is 5.28. The van der Waals surface area contributed by atoms with Gasteiger partial charge < -0.3 is 29.5 Å². The van der Waals surface area contributed by atoms with Gasteiger partial charge in [-0.3, -0.25) is 9.59 Å². The first-order valence-corrected chi connectivity index (χ1v) is 15.9. The maximum Gasteiger partial charge on any atom is 0.423 e. The molecule has 13 heteroatoms. The monoisotopic (exact) mass is 650 g/mol. The summed E-state index contributed by atoms with van der Waals surface area (Å²) in [6, 6.07) is 9.82. The number of hydrogen-bond donors (Lipinski definition) is 1. The van der Waals surface area contributed by atoms with Gasteiger partial charge in [0.25, 0.3) is 11.8 Å². The van der Waals surface area contributed by atoms with E-state index in [1.54, 1.807) is 36.2 Å². The van der Waals surface area contributed by atoms with E-state index in [1.807, 2.05) is 11.0 Å². The fraction of sp³-hybridized carbons (Fsp3) is 0.471. The maximum absolute atomic E-state index is 14.1. The standard InChI is InChI=1S/C34H37F3N6O4/c1-41-15-11-32(12-16-41)13-17-43(18-14-32)29(44)21-7-8-24(26(19-21)46-3)39-31-38-20-23(34(35,36)37)28(40-31)47-25-6-4-5-22-27(25)30(45)42(2)33(22)9-10-33/h4-8,19-20H,9-18H2,1-3H3,(H,38,39,40). The molecule has 2 saturated heterocycles. The van der Waals surface area contributed by atoms with E-state index in [1.165, 1.54) is 13.2 Å². The zero-order valence-corrected chi connectivity index (χ0v) is 26.6. The van der Waals surface area contributed by atoms with Crippen LogP contribution in [0.2, 0.25) is 0 Å². The van der Waals surface area contributed by atoms with Gasteiger partial charge in [0.05, 0.1) is 23.9 Å². The average Bonchev–Trinajstić information content (AvgIpc) is 3.84. The summed E-state index contributed by atoms with van der Waals surface area (Å²) in [6.45, 7) is 3.56. The minimum absolute atomic E-state index is 0.00169. The van der Waals surface area contributed by atoms with Gasteiger partial charge in [-0.1, -0.05) is 12.1 Å². The largest absolute Gasteiger partial charge is 0.495 e. The van der Waals surface area contributed by atoms with Crippen LogP contribution in [0.5, 0.6) is 17.4 Å². The van der Waals surface area contributed by atoms with Crippen LogP contribution in [0.25, 0.3) is 0 Å². The van der Waals surface area contributed by atoms with Crippen molar-refractivity contribution in [1.82, 2.24) is 24.7 Å². The third-order valence-electron chi connectivity index (χ3n) is 10.5. The average molecular weight is 651 g/mol. The van der Waals surface area contributed by atoms with Crippen LogP contribution in [0.15, 0.2) is 42.6 Å². The Morgan fingerprint density at radius 2 is 1.66 bits per heavy atom. The molecule has 10 nitrogen and oxygen atoms in total. The van der Waals surface area contributed by atoms with Gasteiger partial charge in [0, 0.05) is 31.9 Å². The zero-order valence-electron chi connectivity index (χ0n) is 26.6. The molecule has 3 fully saturated rings. The van der Waals surface area contributed by atoms with Crippen molar-refractivity contribution in [2.24, 2.45) is 5.41 Å². The molecule has 4 aliphatic rings. The number of ether oxygens (including phenoxy) is 2.